The highest BCUT2D eigenvalue weighted by Crippen LogP contribution is 2.19. The molecule has 2 heterocycles. The molecule has 0 aliphatic carbocycles. The highest BCUT2D eigenvalue weighted by molar-refractivity contribution is 7.12. The van der Waals surface area contributed by atoms with Gasteiger partial charge in [0.2, 0.25) is 5.78 Å². The molecule has 88 valence electrons. The van der Waals surface area contributed by atoms with E-state index in [0.717, 1.165) is 5.69 Å². The normalized spacial score (nSPS) is 10.2. The maximum Gasteiger partial charge on any atom is 0.206 e. The molecule has 0 bridgehead atoms. The molecule has 5 heteroatoms. The lowest BCUT2D eigenvalue weighted by atomic mass is 10.1. The second-order valence-electron chi connectivity index (χ2n) is 3.44. The zero-order valence-corrected chi connectivity index (χ0v) is 10.5. The number of nitrogens with zero attached hydrogens (tertiary/aromatic N) is 2. The van der Waals surface area contributed by atoms with E-state index in [9.17, 15) is 4.79 Å². The molecule has 2 aromatic heterocycles. The van der Waals surface area contributed by atoms with Gasteiger partial charge in [0, 0.05) is 11.8 Å². The Balaban J connectivity index is 2.31. The minimum Gasteiger partial charge on any atom is -0.492 e. The predicted octanol–water partition coefficient (Wildman–Crippen LogP) is 2.48. The topological polar surface area (TPSA) is 52.1 Å². The molecule has 0 unspecified atom stereocenters. The van der Waals surface area contributed by atoms with Gasteiger partial charge in [-0.1, -0.05) is 0 Å². The predicted molar refractivity (Wildman–Crippen MR) is 65.7 cm³/mol. The number of ether oxygens (including phenoxy) is 1. The van der Waals surface area contributed by atoms with Crippen LogP contribution in [-0.2, 0) is 0 Å². The molecule has 4 nitrogen and oxygen atoms in total. The molecule has 2 rings (SSSR count). The third-order valence-electron chi connectivity index (χ3n) is 2.24. The smallest absolute Gasteiger partial charge is 0.206 e. The third-order valence-corrected chi connectivity index (χ3v) is 3.17. The Hall–Kier alpha value is -1.75. The number of carbonyl (C=O) groups excluding carboxylic acids is 1. The van der Waals surface area contributed by atoms with Gasteiger partial charge in [0.15, 0.2) is 0 Å². The fourth-order valence-electron chi connectivity index (χ4n) is 1.44. The van der Waals surface area contributed by atoms with Crippen LogP contribution < -0.4 is 4.74 Å². The second kappa shape index (κ2) is 5.05. The third kappa shape index (κ3) is 2.50. The van der Waals surface area contributed by atoms with Crippen molar-refractivity contribution >= 4 is 17.1 Å². The highest BCUT2D eigenvalue weighted by Gasteiger charge is 2.15. The number of ketones is 1. The molecule has 0 saturated heterocycles. The van der Waals surface area contributed by atoms with Gasteiger partial charge < -0.3 is 4.74 Å². The van der Waals surface area contributed by atoms with Gasteiger partial charge in [0.25, 0.3) is 0 Å². The van der Waals surface area contributed by atoms with Gasteiger partial charge in [0.1, 0.15) is 5.75 Å². The Morgan fingerprint density at radius 1 is 1.47 bits per heavy atom. The van der Waals surface area contributed by atoms with Crippen LogP contribution in [0.2, 0.25) is 0 Å². The largest absolute Gasteiger partial charge is 0.492 e. The first-order valence-corrected chi connectivity index (χ1v) is 6.13. The minimum atomic E-state index is -0.0564. The van der Waals surface area contributed by atoms with Gasteiger partial charge in [-0.15, -0.1) is 11.3 Å². The number of pyridine rings is 1. The van der Waals surface area contributed by atoms with Crippen LogP contribution in [0.4, 0.5) is 0 Å². The average Bonchev–Trinajstić information content (AvgIpc) is 2.75. The fourth-order valence-corrected chi connectivity index (χ4v) is 2.20. The van der Waals surface area contributed by atoms with E-state index >= 15 is 0 Å². The summed E-state index contributed by atoms with van der Waals surface area (Å²) in [4.78, 5) is 20.9. The van der Waals surface area contributed by atoms with Crippen LogP contribution in [0.25, 0.3) is 0 Å². The van der Waals surface area contributed by atoms with E-state index in [4.69, 9.17) is 4.74 Å². The number of hydrogen-bond donors (Lipinski definition) is 0. The molecule has 0 fully saturated rings. The molecule has 0 aliphatic rings. The number of rotatable bonds is 4. The van der Waals surface area contributed by atoms with Crippen LogP contribution in [0.5, 0.6) is 5.75 Å². The van der Waals surface area contributed by atoms with Crippen LogP contribution in [0, 0.1) is 6.92 Å². The SMILES string of the molecule is CCOc1cncc(C(=O)c2scnc2C)c1. The summed E-state index contributed by atoms with van der Waals surface area (Å²) < 4.78 is 5.32. The first-order valence-electron chi connectivity index (χ1n) is 5.25. The number of carbonyl (C=O) groups is 1. The lowest BCUT2D eigenvalue weighted by molar-refractivity contribution is 0.104. The van der Waals surface area contributed by atoms with Crippen LogP contribution in [0.1, 0.15) is 27.9 Å². The molecule has 0 N–H and O–H groups in total. The monoisotopic (exact) mass is 248 g/mol. The Labute approximate surface area is 103 Å². The molecule has 0 atom stereocenters. The van der Waals surface area contributed by atoms with Crippen molar-refractivity contribution in [2.75, 3.05) is 6.61 Å². The molecule has 0 spiro atoms. The van der Waals surface area contributed by atoms with E-state index in [2.05, 4.69) is 9.97 Å². The number of hydrogen-bond acceptors (Lipinski definition) is 5. The Bertz CT molecular complexity index is 537. The maximum absolute atomic E-state index is 12.2. The summed E-state index contributed by atoms with van der Waals surface area (Å²) in [5.74, 6) is 0.555. The Morgan fingerprint density at radius 2 is 2.29 bits per heavy atom. The van der Waals surface area contributed by atoms with Crippen LogP contribution in [0.15, 0.2) is 24.0 Å². The summed E-state index contributed by atoms with van der Waals surface area (Å²) in [5.41, 5.74) is 2.95. The van der Waals surface area contributed by atoms with Gasteiger partial charge in [-0.25, -0.2) is 4.98 Å². The summed E-state index contributed by atoms with van der Waals surface area (Å²) in [5, 5.41) is 0. The molecule has 2 aromatic rings. The quantitative estimate of drug-likeness (QED) is 0.780. The van der Waals surface area contributed by atoms with Crippen molar-refractivity contribution in [1.82, 2.24) is 9.97 Å². The van der Waals surface area contributed by atoms with E-state index < -0.39 is 0 Å². The van der Waals surface area contributed by atoms with Crippen LogP contribution in [-0.4, -0.2) is 22.4 Å². The molecule has 0 saturated carbocycles. The first-order chi connectivity index (χ1) is 8.22. The van der Waals surface area contributed by atoms with Crippen molar-refractivity contribution in [2.24, 2.45) is 0 Å². The van der Waals surface area contributed by atoms with Crippen molar-refractivity contribution in [3.8, 4) is 5.75 Å². The molecule has 0 radical (unpaired) electrons. The van der Waals surface area contributed by atoms with Gasteiger partial charge in [-0.2, -0.15) is 0 Å². The van der Waals surface area contributed by atoms with E-state index in [1.807, 2.05) is 13.8 Å². The highest BCUT2D eigenvalue weighted by atomic mass is 32.1. The number of aromatic nitrogens is 2. The van der Waals surface area contributed by atoms with Gasteiger partial charge >= 0.3 is 0 Å². The van der Waals surface area contributed by atoms with Crippen molar-refractivity contribution < 1.29 is 9.53 Å². The molecule has 0 aliphatic heterocycles. The summed E-state index contributed by atoms with van der Waals surface area (Å²) in [6.07, 6.45) is 3.14. The van der Waals surface area contributed by atoms with Crippen LogP contribution in [0.3, 0.4) is 0 Å². The fraction of sp³-hybridized carbons (Fsp3) is 0.250. The van der Waals surface area contributed by atoms with Crippen molar-refractivity contribution in [2.45, 2.75) is 13.8 Å². The second-order valence-corrected chi connectivity index (χ2v) is 4.29. The van der Waals surface area contributed by atoms with Crippen LogP contribution >= 0.6 is 11.3 Å². The number of thiazole rings is 1. The Morgan fingerprint density at radius 3 is 2.94 bits per heavy atom. The molecular formula is C12H12N2O2S. The van der Waals surface area contributed by atoms with Gasteiger partial charge in [-0.3, -0.25) is 9.78 Å². The van der Waals surface area contributed by atoms with Crippen molar-refractivity contribution in [3.05, 3.63) is 40.1 Å². The van der Waals surface area contributed by atoms with E-state index in [1.165, 1.54) is 11.3 Å². The van der Waals surface area contributed by atoms with E-state index in [-0.39, 0.29) is 5.78 Å². The summed E-state index contributed by atoms with van der Waals surface area (Å²) in [6.45, 7) is 4.27. The van der Waals surface area contributed by atoms with E-state index in [1.54, 1.807) is 24.0 Å². The first kappa shape index (κ1) is 11.7. The number of aryl methyl sites for hydroxylation is 1. The van der Waals surface area contributed by atoms with Crippen molar-refractivity contribution in [1.29, 1.82) is 0 Å². The lowest BCUT2D eigenvalue weighted by Crippen LogP contribution is -2.02. The summed E-state index contributed by atoms with van der Waals surface area (Å²) in [7, 11) is 0. The zero-order chi connectivity index (χ0) is 12.3. The van der Waals surface area contributed by atoms with Gasteiger partial charge in [-0.05, 0) is 19.9 Å². The molecule has 0 amide bonds. The summed E-state index contributed by atoms with van der Waals surface area (Å²) in [6, 6.07) is 1.71. The molecular weight excluding hydrogens is 236 g/mol. The van der Waals surface area contributed by atoms with Gasteiger partial charge in [0.05, 0.1) is 28.9 Å². The summed E-state index contributed by atoms with van der Waals surface area (Å²) >= 11 is 1.34. The van der Waals surface area contributed by atoms with E-state index in [0.29, 0.717) is 22.8 Å². The zero-order valence-electron chi connectivity index (χ0n) is 9.64. The lowest BCUT2D eigenvalue weighted by Gasteiger charge is -2.04. The minimum absolute atomic E-state index is 0.0564. The maximum atomic E-state index is 12.2. The average molecular weight is 248 g/mol. The molecule has 17 heavy (non-hydrogen) atoms. The standard InChI is InChI=1S/C12H12N2O2S/c1-3-16-10-4-9(5-13-6-10)11(15)12-8(2)14-7-17-12/h4-7H,3H2,1-2H3. The molecule has 0 aromatic carbocycles. The van der Waals surface area contributed by atoms with Crippen molar-refractivity contribution in [3.63, 3.8) is 0 Å². The Kier molecular flexibility index (Phi) is 3.49.